The van der Waals surface area contributed by atoms with Gasteiger partial charge in [-0.3, -0.25) is 9.59 Å². The predicted octanol–water partition coefficient (Wildman–Crippen LogP) is 1.47. The first-order chi connectivity index (χ1) is 9.75. The molecule has 108 valence electrons. The number of ketones is 1. The van der Waals surface area contributed by atoms with Gasteiger partial charge in [-0.2, -0.15) is 0 Å². The second-order valence-electron chi connectivity index (χ2n) is 4.89. The van der Waals surface area contributed by atoms with E-state index in [4.69, 9.17) is 0 Å². The maximum Gasteiger partial charge on any atom is 0.230 e. The highest BCUT2D eigenvalue weighted by Crippen LogP contribution is 2.08. The Morgan fingerprint density at radius 3 is 2.75 bits per heavy atom. The molecule has 2 rings (SSSR count). The fourth-order valence-electron chi connectivity index (χ4n) is 2.19. The Morgan fingerprint density at radius 2 is 2.05 bits per heavy atom. The highest BCUT2D eigenvalue weighted by Gasteiger charge is 2.15. The van der Waals surface area contributed by atoms with Crippen LogP contribution in [-0.2, 0) is 4.79 Å². The molecule has 5 heteroatoms. The number of nitrogens with one attached hydrogen (secondary N) is 2. The molecule has 2 N–H and O–H groups in total. The number of amides is 1. The van der Waals surface area contributed by atoms with Crippen LogP contribution in [0.3, 0.4) is 0 Å². The first-order valence-electron chi connectivity index (χ1n) is 6.92. The molecule has 1 amide bonds. The lowest BCUT2D eigenvalue weighted by Gasteiger charge is -2.23. The molecule has 0 saturated carbocycles. The number of hydrogen-bond donors (Lipinski definition) is 2. The fourth-order valence-corrected chi connectivity index (χ4v) is 2.91. The largest absolute Gasteiger partial charge is 0.351 e. The van der Waals surface area contributed by atoms with Crippen LogP contribution in [0.1, 0.15) is 23.2 Å². The monoisotopic (exact) mass is 292 g/mol. The first-order valence-corrected chi connectivity index (χ1v) is 8.07. The van der Waals surface area contributed by atoms with E-state index in [1.165, 1.54) is 11.8 Å². The van der Waals surface area contributed by atoms with Crippen molar-refractivity contribution in [2.24, 2.45) is 0 Å². The lowest BCUT2D eigenvalue weighted by atomic mass is 10.1. The van der Waals surface area contributed by atoms with Crippen LogP contribution in [0.15, 0.2) is 30.3 Å². The number of piperidine rings is 1. The molecule has 0 radical (unpaired) electrons. The molecular weight excluding hydrogens is 272 g/mol. The average molecular weight is 292 g/mol. The van der Waals surface area contributed by atoms with Gasteiger partial charge in [-0.25, -0.2) is 0 Å². The van der Waals surface area contributed by atoms with Crippen LogP contribution in [0.4, 0.5) is 0 Å². The topological polar surface area (TPSA) is 58.2 Å². The summed E-state index contributed by atoms with van der Waals surface area (Å²) in [6, 6.07) is 9.42. The maximum absolute atomic E-state index is 11.9. The summed E-state index contributed by atoms with van der Waals surface area (Å²) in [6.07, 6.45) is 2.14. The predicted molar refractivity (Wildman–Crippen MR) is 82.1 cm³/mol. The van der Waals surface area contributed by atoms with Gasteiger partial charge in [0.15, 0.2) is 5.78 Å². The number of hydrogen-bond acceptors (Lipinski definition) is 4. The summed E-state index contributed by atoms with van der Waals surface area (Å²) in [6.45, 7) is 1.88. The Labute approximate surface area is 123 Å². The number of thioether (sulfide) groups is 1. The minimum absolute atomic E-state index is 0.0181. The van der Waals surface area contributed by atoms with Crippen LogP contribution < -0.4 is 10.6 Å². The molecule has 1 aromatic carbocycles. The molecule has 1 atom stereocenters. The summed E-state index contributed by atoms with van der Waals surface area (Å²) in [5.41, 5.74) is 0.705. The van der Waals surface area contributed by atoms with Gasteiger partial charge in [-0.1, -0.05) is 30.3 Å². The lowest BCUT2D eigenvalue weighted by molar-refractivity contribution is -0.119. The fraction of sp³-hybridized carbons (Fsp3) is 0.467. The van der Waals surface area contributed by atoms with Gasteiger partial charge in [0.25, 0.3) is 0 Å². The third-order valence-electron chi connectivity index (χ3n) is 3.22. The second-order valence-corrected chi connectivity index (χ2v) is 5.88. The third kappa shape index (κ3) is 4.98. The Hall–Kier alpha value is -1.33. The van der Waals surface area contributed by atoms with Crippen molar-refractivity contribution in [1.29, 1.82) is 0 Å². The Morgan fingerprint density at radius 1 is 1.25 bits per heavy atom. The Bertz CT molecular complexity index is 444. The van der Waals surface area contributed by atoms with Crippen molar-refractivity contribution < 1.29 is 9.59 Å². The molecule has 1 saturated heterocycles. The van der Waals surface area contributed by atoms with Crippen molar-refractivity contribution in [3.8, 4) is 0 Å². The van der Waals surface area contributed by atoms with Crippen molar-refractivity contribution in [1.82, 2.24) is 10.6 Å². The molecule has 1 aromatic rings. The molecule has 0 spiro atoms. The van der Waals surface area contributed by atoms with E-state index < -0.39 is 0 Å². The number of carbonyl (C=O) groups is 2. The quantitative estimate of drug-likeness (QED) is 0.780. The minimum atomic E-state index is 0.0181. The SMILES string of the molecule is O=C(CSCC(=O)c1ccccc1)N[C@H]1CCCNC1. The van der Waals surface area contributed by atoms with E-state index in [1.54, 1.807) is 12.1 Å². The number of carbonyl (C=O) groups excluding carboxylic acids is 2. The van der Waals surface area contributed by atoms with Gasteiger partial charge in [-0.05, 0) is 19.4 Å². The first kappa shape index (κ1) is 15.1. The second kappa shape index (κ2) is 8.07. The van der Waals surface area contributed by atoms with Gasteiger partial charge in [-0.15, -0.1) is 11.8 Å². The minimum Gasteiger partial charge on any atom is -0.351 e. The zero-order valence-corrected chi connectivity index (χ0v) is 12.2. The van der Waals surface area contributed by atoms with Crippen LogP contribution in [-0.4, -0.2) is 42.3 Å². The summed E-state index contributed by atoms with van der Waals surface area (Å²) in [5.74, 6) is 0.780. The van der Waals surface area contributed by atoms with Crippen molar-refractivity contribution in [2.45, 2.75) is 18.9 Å². The summed E-state index contributed by atoms with van der Waals surface area (Å²) in [5, 5.41) is 6.26. The molecule has 1 aliphatic rings. The molecule has 20 heavy (non-hydrogen) atoms. The van der Waals surface area contributed by atoms with Crippen LogP contribution in [0.2, 0.25) is 0 Å². The zero-order valence-electron chi connectivity index (χ0n) is 11.4. The van der Waals surface area contributed by atoms with Gasteiger partial charge >= 0.3 is 0 Å². The number of rotatable bonds is 6. The van der Waals surface area contributed by atoms with Crippen LogP contribution >= 0.6 is 11.8 Å². The van der Waals surface area contributed by atoms with Gasteiger partial charge < -0.3 is 10.6 Å². The molecular formula is C15H20N2O2S. The highest BCUT2D eigenvalue weighted by atomic mass is 32.2. The molecule has 1 aliphatic heterocycles. The van der Waals surface area contributed by atoms with E-state index in [0.29, 0.717) is 17.1 Å². The molecule has 0 bridgehead atoms. The normalized spacial score (nSPS) is 18.5. The number of benzene rings is 1. The van der Waals surface area contributed by atoms with Crippen molar-refractivity contribution in [3.63, 3.8) is 0 Å². The summed E-state index contributed by atoms with van der Waals surface area (Å²) >= 11 is 1.37. The maximum atomic E-state index is 11.9. The van der Waals surface area contributed by atoms with E-state index in [1.807, 2.05) is 18.2 Å². The van der Waals surface area contributed by atoms with Crippen LogP contribution in [0, 0.1) is 0 Å². The van der Waals surface area contributed by atoms with E-state index >= 15 is 0 Å². The van der Waals surface area contributed by atoms with Crippen molar-refractivity contribution in [2.75, 3.05) is 24.6 Å². The van der Waals surface area contributed by atoms with Gasteiger partial charge in [0.05, 0.1) is 11.5 Å². The lowest BCUT2D eigenvalue weighted by Crippen LogP contribution is -2.46. The summed E-state index contributed by atoms with van der Waals surface area (Å²) < 4.78 is 0. The van der Waals surface area contributed by atoms with E-state index in [2.05, 4.69) is 10.6 Å². The van der Waals surface area contributed by atoms with Crippen molar-refractivity contribution in [3.05, 3.63) is 35.9 Å². The van der Waals surface area contributed by atoms with E-state index in [-0.39, 0.29) is 17.7 Å². The Kier molecular flexibility index (Phi) is 6.08. The standard InChI is InChI=1S/C15H20N2O2S/c18-14(12-5-2-1-3-6-12)10-20-11-15(19)17-13-7-4-8-16-9-13/h1-3,5-6,13,16H,4,7-11H2,(H,17,19)/t13-/m0/s1. The molecule has 1 fully saturated rings. The van der Waals surface area contributed by atoms with E-state index in [9.17, 15) is 9.59 Å². The highest BCUT2D eigenvalue weighted by molar-refractivity contribution is 8.00. The smallest absolute Gasteiger partial charge is 0.230 e. The van der Waals surface area contributed by atoms with Crippen molar-refractivity contribution >= 4 is 23.5 Å². The molecule has 4 nitrogen and oxygen atoms in total. The molecule has 1 heterocycles. The van der Waals surface area contributed by atoms with Gasteiger partial charge in [0, 0.05) is 18.2 Å². The number of Topliss-reactive ketones (excluding diaryl/α,β-unsaturated/α-hetero) is 1. The van der Waals surface area contributed by atoms with Gasteiger partial charge in [0.2, 0.25) is 5.91 Å². The Balaban J connectivity index is 1.65. The summed E-state index contributed by atoms with van der Waals surface area (Å²) in [7, 11) is 0. The van der Waals surface area contributed by atoms with E-state index in [0.717, 1.165) is 25.9 Å². The van der Waals surface area contributed by atoms with Gasteiger partial charge in [0.1, 0.15) is 0 Å². The third-order valence-corrected chi connectivity index (χ3v) is 4.16. The van der Waals surface area contributed by atoms with Crippen LogP contribution in [0.25, 0.3) is 0 Å². The molecule has 0 aromatic heterocycles. The average Bonchev–Trinajstić information content (AvgIpc) is 2.49. The van der Waals surface area contributed by atoms with Crippen LogP contribution in [0.5, 0.6) is 0 Å². The summed E-state index contributed by atoms with van der Waals surface area (Å²) in [4.78, 5) is 23.6. The zero-order chi connectivity index (χ0) is 14.2. The molecule has 0 unspecified atom stereocenters. The molecule has 0 aliphatic carbocycles.